The van der Waals surface area contributed by atoms with Gasteiger partial charge in [0.05, 0.1) is 25.6 Å². The molecule has 0 aliphatic rings. The number of rotatable bonds is 14. The van der Waals surface area contributed by atoms with E-state index in [0.29, 0.717) is 17.1 Å². The Morgan fingerprint density at radius 1 is 0.976 bits per heavy atom. The molecule has 0 fully saturated rings. The number of non-ortho nitro benzene ring substituents is 1. The number of anilines is 1. The largest absolute Gasteiger partial charge is 0.354 e. The first kappa shape index (κ1) is 32.8. The Kier molecular flexibility index (Phi) is 11.7. The minimum atomic E-state index is -4.36. The van der Waals surface area contributed by atoms with Gasteiger partial charge in [0, 0.05) is 25.2 Å². The molecule has 3 aromatic carbocycles. The smallest absolute Gasteiger partial charge is 0.271 e. The highest BCUT2D eigenvalue weighted by molar-refractivity contribution is 7.92. The summed E-state index contributed by atoms with van der Waals surface area (Å²) in [4.78, 5) is 39.3. The minimum absolute atomic E-state index is 0.0659. The summed E-state index contributed by atoms with van der Waals surface area (Å²) in [5, 5.41) is 14.9. The van der Waals surface area contributed by atoms with Gasteiger partial charge in [-0.15, -0.1) is 0 Å². The maximum absolute atomic E-state index is 14.1. The number of unbranched alkanes of at least 4 members (excludes halogenated alkanes) is 1. The second-order valence-electron chi connectivity index (χ2n) is 9.44. The molecule has 0 spiro atoms. The van der Waals surface area contributed by atoms with Crippen molar-refractivity contribution in [3.05, 3.63) is 98.5 Å². The molecule has 10 nitrogen and oxygen atoms in total. The van der Waals surface area contributed by atoms with Crippen LogP contribution in [0.15, 0.2) is 77.7 Å². The normalized spacial score (nSPS) is 11.9. The Bertz CT molecular complexity index is 1520. The fraction of sp³-hybridized carbons (Fsp3) is 0.310. The van der Waals surface area contributed by atoms with E-state index in [2.05, 4.69) is 5.32 Å². The number of hydrogen-bond donors (Lipinski definition) is 1. The zero-order chi connectivity index (χ0) is 30.9. The molecule has 0 heterocycles. The number of carbonyl (C=O) groups excluding carboxylic acids is 2. The number of nitrogens with zero attached hydrogens (tertiary/aromatic N) is 3. The zero-order valence-electron chi connectivity index (χ0n) is 23.2. The van der Waals surface area contributed by atoms with Gasteiger partial charge in [-0.3, -0.25) is 24.0 Å². The molecule has 0 aliphatic heterocycles. The summed E-state index contributed by atoms with van der Waals surface area (Å²) in [6.07, 6.45) is 1.85. The van der Waals surface area contributed by atoms with Gasteiger partial charge in [-0.1, -0.05) is 73.8 Å². The molecule has 0 radical (unpaired) electrons. The van der Waals surface area contributed by atoms with Gasteiger partial charge < -0.3 is 10.2 Å². The first-order valence-corrected chi connectivity index (χ1v) is 15.5. The number of sulfonamides is 1. The minimum Gasteiger partial charge on any atom is -0.354 e. The van der Waals surface area contributed by atoms with Gasteiger partial charge in [-0.25, -0.2) is 8.42 Å². The molecule has 1 atom stereocenters. The van der Waals surface area contributed by atoms with Gasteiger partial charge >= 0.3 is 0 Å². The van der Waals surface area contributed by atoms with E-state index in [1.165, 1.54) is 47.4 Å². The molecule has 0 saturated heterocycles. The van der Waals surface area contributed by atoms with Crippen molar-refractivity contribution >= 4 is 56.4 Å². The topological polar surface area (TPSA) is 130 Å². The lowest BCUT2D eigenvalue weighted by molar-refractivity contribution is -0.384. The van der Waals surface area contributed by atoms with E-state index < -0.39 is 33.4 Å². The highest BCUT2D eigenvalue weighted by Gasteiger charge is 2.34. The molecule has 2 amide bonds. The summed E-state index contributed by atoms with van der Waals surface area (Å²) in [5.74, 6) is -1.07. The molecular weight excluding hydrogens is 603 g/mol. The monoisotopic (exact) mass is 634 g/mol. The molecule has 1 unspecified atom stereocenters. The third-order valence-corrected chi connectivity index (χ3v) is 9.02. The number of hydrogen-bond acceptors (Lipinski definition) is 6. The molecule has 0 aliphatic carbocycles. The Morgan fingerprint density at radius 2 is 1.69 bits per heavy atom. The maximum Gasteiger partial charge on any atom is 0.271 e. The van der Waals surface area contributed by atoms with Gasteiger partial charge in [0.1, 0.15) is 12.6 Å². The third kappa shape index (κ3) is 8.21. The van der Waals surface area contributed by atoms with Crippen LogP contribution in [0.2, 0.25) is 10.0 Å². The van der Waals surface area contributed by atoms with Gasteiger partial charge in [0.25, 0.3) is 15.7 Å². The summed E-state index contributed by atoms with van der Waals surface area (Å²) in [6, 6.07) is 16.3. The van der Waals surface area contributed by atoms with Gasteiger partial charge in [-0.2, -0.15) is 0 Å². The van der Waals surface area contributed by atoms with E-state index in [-0.39, 0.29) is 40.2 Å². The van der Waals surface area contributed by atoms with E-state index in [4.69, 9.17) is 23.2 Å². The number of amides is 2. The Hall–Kier alpha value is -3.67. The van der Waals surface area contributed by atoms with Crippen LogP contribution in [0.5, 0.6) is 0 Å². The molecule has 13 heteroatoms. The lowest BCUT2D eigenvalue weighted by Crippen LogP contribution is -2.52. The quantitative estimate of drug-likeness (QED) is 0.135. The zero-order valence-corrected chi connectivity index (χ0v) is 25.5. The molecule has 0 bridgehead atoms. The van der Waals surface area contributed by atoms with Crippen LogP contribution >= 0.6 is 23.2 Å². The molecule has 42 heavy (non-hydrogen) atoms. The van der Waals surface area contributed by atoms with Crippen LogP contribution in [0.25, 0.3) is 0 Å². The summed E-state index contributed by atoms with van der Waals surface area (Å²) in [6.45, 7) is 3.36. The third-order valence-electron chi connectivity index (χ3n) is 6.49. The number of halogens is 2. The molecular formula is C29H32Cl2N4O6S. The Labute approximate surface area is 255 Å². The Balaban J connectivity index is 2.08. The van der Waals surface area contributed by atoms with E-state index in [0.717, 1.165) is 23.2 Å². The highest BCUT2D eigenvalue weighted by atomic mass is 35.5. The highest BCUT2D eigenvalue weighted by Crippen LogP contribution is 2.28. The molecule has 0 aromatic heterocycles. The van der Waals surface area contributed by atoms with Crippen molar-refractivity contribution in [2.75, 3.05) is 17.4 Å². The molecule has 1 N–H and O–H groups in total. The molecule has 224 valence electrons. The number of nitro groups is 1. The standard InChI is InChI=1S/C29H32Cl2N4O6S/c1-3-5-16-32-29(37)27(4-2)33(19-21-14-15-25(30)26(31)17-21)28(36)20-34(22-10-9-11-23(18-22)35(38)39)42(40,41)24-12-7-6-8-13-24/h6-15,17-18,27H,3-5,16,19-20H2,1-2H3,(H,32,37). The van der Waals surface area contributed by atoms with Gasteiger partial charge in [0.15, 0.2) is 0 Å². The van der Waals surface area contributed by atoms with Crippen LogP contribution in [0, 0.1) is 10.1 Å². The fourth-order valence-electron chi connectivity index (χ4n) is 4.27. The van der Waals surface area contributed by atoms with Crippen molar-refractivity contribution in [2.45, 2.75) is 50.6 Å². The number of carbonyl (C=O) groups is 2. The lowest BCUT2D eigenvalue weighted by atomic mass is 10.1. The predicted molar refractivity (Wildman–Crippen MR) is 163 cm³/mol. The molecule has 3 aromatic rings. The summed E-state index contributed by atoms with van der Waals surface area (Å²) < 4.78 is 28.5. The lowest BCUT2D eigenvalue weighted by Gasteiger charge is -2.33. The second kappa shape index (κ2) is 15.0. The van der Waals surface area contributed by atoms with Crippen LogP contribution in [-0.4, -0.2) is 49.2 Å². The van der Waals surface area contributed by atoms with Crippen LogP contribution in [-0.2, 0) is 26.2 Å². The summed E-state index contributed by atoms with van der Waals surface area (Å²) in [5.41, 5.74) is 0.157. The van der Waals surface area contributed by atoms with Crippen molar-refractivity contribution in [3.63, 3.8) is 0 Å². The number of nitrogens with one attached hydrogen (secondary N) is 1. The van der Waals surface area contributed by atoms with Crippen molar-refractivity contribution in [3.8, 4) is 0 Å². The molecule has 0 saturated carbocycles. The van der Waals surface area contributed by atoms with E-state index >= 15 is 0 Å². The van der Waals surface area contributed by atoms with Crippen LogP contribution < -0.4 is 9.62 Å². The van der Waals surface area contributed by atoms with Crippen LogP contribution in [0.4, 0.5) is 11.4 Å². The predicted octanol–water partition coefficient (Wildman–Crippen LogP) is 5.82. The van der Waals surface area contributed by atoms with Crippen molar-refractivity contribution in [1.29, 1.82) is 0 Å². The van der Waals surface area contributed by atoms with E-state index in [1.54, 1.807) is 31.2 Å². The average Bonchev–Trinajstić information content (AvgIpc) is 2.98. The van der Waals surface area contributed by atoms with E-state index in [1.807, 2.05) is 6.92 Å². The van der Waals surface area contributed by atoms with Crippen molar-refractivity contribution in [1.82, 2.24) is 10.2 Å². The average molecular weight is 636 g/mol. The van der Waals surface area contributed by atoms with Gasteiger partial charge in [0.2, 0.25) is 11.8 Å². The fourth-order valence-corrected chi connectivity index (χ4v) is 6.02. The van der Waals surface area contributed by atoms with Gasteiger partial charge in [-0.05, 0) is 48.7 Å². The first-order chi connectivity index (χ1) is 20.0. The SMILES string of the molecule is CCCCNC(=O)C(CC)N(Cc1ccc(Cl)c(Cl)c1)C(=O)CN(c1cccc([N+](=O)[O-])c1)S(=O)(=O)c1ccccc1. The van der Waals surface area contributed by atoms with Crippen molar-refractivity contribution < 1.29 is 22.9 Å². The molecule has 3 rings (SSSR count). The maximum atomic E-state index is 14.1. The van der Waals surface area contributed by atoms with Crippen LogP contribution in [0.3, 0.4) is 0 Å². The number of nitro benzene ring substituents is 1. The summed E-state index contributed by atoms with van der Waals surface area (Å²) >= 11 is 12.3. The van der Waals surface area contributed by atoms with Crippen molar-refractivity contribution in [2.24, 2.45) is 0 Å². The van der Waals surface area contributed by atoms with E-state index in [9.17, 15) is 28.1 Å². The second-order valence-corrected chi connectivity index (χ2v) is 12.1. The van der Waals surface area contributed by atoms with Crippen LogP contribution in [0.1, 0.15) is 38.7 Å². The number of benzene rings is 3. The Morgan fingerprint density at radius 3 is 2.31 bits per heavy atom. The summed E-state index contributed by atoms with van der Waals surface area (Å²) in [7, 11) is -4.36. The first-order valence-electron chi connectivity index (χ1n) is 13.3.